The van der Waals surface area contributed by atoms with Crippen LogP contribution in [-0.4, -0.2) is 62.5 Å². The van der Waals surface area contributed by atoms with Gasteiger partial charge in [-0.15, -0.1) is 0 Å². The largest absolute Gasteiger partial charge is 0.371 e. The van der Waals surface area contributed by atoms with Gasteiger partial charge >= 0.3 is 0 Å². The summed E-state index contributed by atoms with van der Waals surface area (Å²) < 4.78 is 3.11. The maximum absolute atomic E-state index is 13.5. The lowest BCUT2D eigenvalue weighted by atomic mass is 10.2. The van der Waals surface area contributed by atoms with Crippen LogP contribution in [0.2, 0.25) is 10.0 Å². The van der Waals surface area contributed by atoms with E-state index in [1.807, 2.05) is 12.1 Å². The van der Waals surface area contributed by atoms with E-state index in [1.54, 1.807) is 35.0 Å². The van der Waals surface area contributed by atoms with Gasteiger partial charge in [-0.2, -0.15) is 4.98 Å². The van der Waals surface area contributed by atoms with Crippen molar-refractivity contribution in [2.45, 2.75) is 6.92 Å². The van der Waals surface area contributed by atoms with Crippen molar-refractivity contribution in [2.75, 3.05) is 43.9 Å². The third-order valence-corrected chi connectivity index (χ3v) is 6.71. The number of halogens is 2. The van der Waals surface area contributed by atoms with E-state index in [1.165, 1.54) is 10.8 Å². The molecule has 2 aromatic carbocycles. The summed E-state index contributed by atoms with van der Waals surface area (Å²) in [6, 6.07) is 13.2. The van der Waals surface area contributed by atoms with Crippen molar-refractivity contribution in [3.05, 3.63) is 81.5 Å². The van der Waals surface area contributed by atoms with Crippen LogP contribution < -0.4 is 15.8 Å². The number of anilines is 3. The second-order valence-electron chi connectivity index (χ2n) is 8.79. The highest BCUT2D eigenvalue weighted by atomic mass is 35.5. The molecule has 0 aliphatic rings. The first kappa shape index (κ1) is 25.0. The Bertz CT molecular complexity index is 1610. The van der Waals surface area contributed by atoms with E-state index < -0.39 is 0 Å². The highest BCUT2D eigenvalue weighted by Gasteiger charge is 2.19. The zero-order chi connectivity index (χ0) is 26.1. The Morgan fingerprint density at radius 3 is 2.41 bits per heavy atom. The number of likely N-dealkylation sites (N-methyl/N-ethyl adjacent to an activating group) is 2. The molecule has 3 heterocycles. The monoisotopic (exact) mass is 536 g/mol. The Balaban J connectivity index is 1.50. The second-order valence-corrected chi connectivity index (χ2v) is 9.61. The van der Waals surface area contributed by atoms with E-state index in [4.69, 9.17) is 23.2 Å². The smallest absolute Gasteiger partial charge is 0.270 e. The Hall–Kier alpha value is -3.66. The van der Waals surface area contributed by atoms with Gasteiger partial charge in [0, 0.05) is 49.6 Å². The standard InChI is InChI=1S/C26H26Cl2N8O/c1-4-34(15-14-33(2)3)18-10-8-17(9-11-18)31-25-30-16-19-23(32-25)35-13-12-29-26(35)36(24(19)37)22-20(27)6-5-7-21(22)28/h5-13,16H,4,14-15H2,1-3H3,(H,30,31,32). The molecule has 0 saturated carbocycles. The number of para-hydroxylation sites is 1. The first-order chi connectivity index (χ1) is 17.9. The molecular formula is C26H26Cl2N8O. The Kier molecular flexibility index (Phi) is 7.01. The highest BCUT2D eigenvalue weighted by Crippen LogP contribution is 2.29. The highest BCUT2D eigenvalue weighted by molar-refractivity contribution is 6.37. The maximum atomic E-state index is 13.5. The molecule has 0 atom stereocenters. The lowest BCUT2D eigenvalue weighted by Crippen LogP contribution is -2.31. The van der Waals surface area contributed by atoms with Gasteiger partial charge in [0.2, 0.25) is 11.7 Å². The van der Waals surface area contributed by atoms with Crippen molar-refractivity contribution in [3.63, 3.8) is 0 Å². The molecule has 0 aliphatic heterocycles. The molecule has 5 aromatic rings. The third kappa shape index (κ3) is 4.85. The minimum Gasteiger partial charge on any atom is -0.371 e. The van der Waals surface area contributed by atoms with Crippen molar-refractivity contribution in [1.82, 2.24) is 28.8 Å². The molecule has 0 amide bonds. The summed E-state index contributed by atoms with van der Waals surface area (Å²) in [6.45, 7) is 5.00. The first-order valence-electron chi connectivity index (χ1n) is 11.8. The zero-order valence-corrected chi connectivity index (χ0v) is 22.2. The van der Waals surface area contributed by atoms with Gasteiger partial charge in [-0.1, -0.05) is 29.3 Å². The minimum atomic E-state index is -0.364. The average molecular weight is 537 g/mol. The molecule has 11 heteroatoms. The molecule has 9 nitrogen and oxygen atoms in total. The lowest BCUT2D eigenvalue weighted by Gasteiger charge is -2.25. The van der Waals surface area contributed by atoms with Gasteiger partial charge in [0.25, 0.3) is 5.56 Å². The van der Waals surface area contributed by atoms with Crippen LogP contribution in [0.3, 0.4) is 0 Å². The Morgan fingerprint density at radius 2 is 1.73 bits per heavy atom. The number of imidazole rings is 1. The summed E-state index contributed by atoms with van der Waals surface area (Å²) in [4.78, 5) is 31.4. The summed E-state index contributed by atoms with van der Waals surface area (Å²) in [5.74, 6) is 0.710. The molecule has 0 fully saturated rings. The van der Waals surface area contributed by atoms with Crippen LogP contribution in [0.25, 0.3) is 22.5 Å². The molecular weight excluding hydrogens is 511 g/mol. The van der Waals surface area contributed by atoms with Crippen molar-refractivity contribution in [3.8, 4) is 5.69 Å². The topological polar surface area (TPSA) is 83.6 Å². The summed E-state index contributed by atoms with van der Waals surface area (Å²) in [7, 11) is 4.15. The molecule has 1 N–H and O–H groups in total. The van der Waals surface area contributed by atoms with Crippen LogP contribution in [0.5, 0.6) is 0 Å². The second kappa shape index (κ2) is 10.4. The summed E-state index contributed by atoms with van der Waals surface area (Å²) in [5, 5.41) is 4.22. The van der Waals surface area contributed by atoms with E-state index >= 15 is 0 Å². The average Bonchev–Trinajstić information content (AvgIpc) is 3.37. The predicted molar refractivity (Wildman–Crippen MR) is 150 cm³/mol. The lowest BCUT2D eigenvalue weighted by molar-refractivity contribution is 0.414. The van der Waals surface area contributed by atoms with Crippen molar-refractivity contribution >= 4 is 57.3 Å². The molecule has 0 saturated heterocycles. The van der Waals surface area contributed by atoms with Crippen LogP contribution in [0, 0.1) is 0 Å². The van der Waals surface area contributed by atoms with E-state index in [0.29, 0.717) is 38.5 Å². The van der Waals surface area contributed by atoms with Crippen LogP contribution in [0.15, 0.2) is 65.8 Å². The third-order valence-electron chi connectivity index (χ3n) is 6.10. The van der Waals surface area contributed by atoms with Crippen molar-refractivity contribution in [1.29, 1.82) is 0 Å². The maximum Gasteiger partial charge on any atom is 0.270 e. The van der Waals surface area contributed by atoms with E-state index in [9.17, 15) is 4.79 Å². The van der Waals surface area contributed by atoms with Gasteiger partial charge in [-0.3, -0.25) is 9.20 Å². The summed E-state index contributed by atoms with van der Waals surface area (Å²) in [6.07, 6.45) is 4.83. The molecule has 0 radical (unpaired) electrons. The van der Waals surface area contributed by atoms with Crippen LogP contribution in [0.1, 0.15) is 6.92 Å². The van der Waals surface area contributed by atoms with E-state index in [-0.39, 0.29) is 5.56 Å². The Morgan fingerprint density at radius 1 is 1.00 bits per heavy atom. The number of aromatic nitrogens is 5. The molecule has 37 heavy (non-hydrogen) atoms. The number of hydrogen-bond donors (Lipinski definition) is 1. The van der Waals surface area contributed by atoms with Gasteiger partial charge in [-0.25, -0.2) is 14.5 Å². The number of fused-ring (bicyclic) bond motifs is 3. The van der Waals surface area contributed by atoms with Crippen LogP contribution in [0.4, 0.5) is 17.3 Å². The van der Waals surface area contributed by atoms with E-state index in [2.05, 4.69) is 63.2 Å². The van der Waals surface area contributed by atoms with Crippen LogP contribution in [-0.2, 0) is 0 Å². The first-order valence-corrected chi connectivity index (χ1v) is 12.6. The minimum absolute atomic E-state index is 0.307. The number of nitrogens with zero attached hydrogens (tertiary/aromatic N) is 7. The fourth-order valence-electron chi connectivity index (χ4n) is 4.18. The fraction of sp³-hybridized carbons (Fsp3) is 0.231. The van der Waals surface area contributed by atoms with Gasteiger partial charge in [0.15, 0.2) is 5.65 Å². The quantitative estimate of drug-likeness (QED) is 0.303. The van der Waals surface area contributed by atoms with Gasteiger partial charge in [0.1, 0.15) is 5.39 Å². The molecule has 0 bridgehead atoms. The van der Waals surface area contributed by atoms with E-state index in [0.717, 1.165) is 31.0 Å². The number of nitrogens with one attached hydrogen (secondary N) is 1. The normalized spacial score (nSPS) is 11.5. The molecule has 0 unspecified atom stereocenters. The molecule has 5 rings (SSSR count). The molecule has 0 aliphatic carbocycles. The van der Waals surface area contributed by atoms with Gasteiger partial charge in [0.05, 0.1) is 15.7 Å². The van der Waals surface area contributed by atoms with Crippen molar-refractivity contribution in [2.24, 2.45) is 0 Å². The number of rotatable bonds is 8. The summed E-state index contributed by atoms with van der Waals surface area (Å²) in [5.41, 5.74) is 2.41. The Labute approximate surface area is 223 Å². The fourth-order valence-corrected chi connectivity index (χ4v) is 4.75. The number of benzene rings is 2. The molecule has 3 aromatic heterocycles. The van der Waals surface area contributed by atoms with Gasteiger partial charge in [-0.05, 0) is 57.4 Å². The van der Waals surface area contributed by atoms with Crippen LogP contribution >= 0.6 is 23.2 Å². The van der Waals surface area contributed by atoms with Gasteiger partial charge < -0.3 is 15.1 Å². The van der Waals surface area contributed by atoms with Crippen molar-refractivity contribution < 1.29 is 0 Å². The summed E-state index contributed by atoms with van der Waals surface area (Å²) >= 11 is 12.8. The number of hydrogen-bond acceptors (Lipinski definition) is 7. The zero-order valence-electron chi connectivity index (χ0n) is 20.7. The molecule has 190 valence electrons. The predicted octanol–water partition coefficient (Wildman–Crippen LogP) is 4.87. The SMILES string of the molecule is CCN(CCN(C)C)c1ccc(Nc2ncc3c(=O)n(-c4c(Cl)cccc4Cl)c4nccn4c3n2)cc1. The molecule has 0 spiro atoms.